The Balaban J connectivity index is 2.62. The summed E-state index contributed by atoms with van der Waals surface area (Å²) in [4.78, 5) is 8.20. The van der Waals surface area contributed by atoms with E-state index in [1.807, 2.05) is 6.92 Å². The molecule has 2 rings (SSSR count). The van der Waals surface area contributed by atoms with E-state index in [1.165, 1.54) is 11.3 Å². The molecule has 0 aromatic carbocycles. The maximum Gasteiger partial charge on any atom is 0.223 e. The lowest BCUT2D eigenvalue weighted by atomic mass is 10.3. The zero-order valence-electron chi connectivity index (χ0n) is 8.46. The minimum absolute atomic E-state index is 0.165. The first kappa shape index (κ1) is 11.6. The summed E-state index contributed by atoms with van der Waals surface area (Å²) in [6.07, 6.45) is 0. The molecule has 6 heteroatoms. The first-order chi connectivity index (χ1) is 7.61. The van der Waals surface area contributed by atoms with Crippen molar-refractivity contribution in [1.82, 2.24) is 9.97 Å². The molecule has 2 aromatic heterocycles. The Kier molecular flexibility index (Phi) is 3.33. The molecule has 0 bridgehead atoms. The summed E-state index contributed by atoms with van der Waals surface area (Å²) in [6.45, 7) is 6.22. The summed E-state index contributed by atoms with van der Waals surface area (Å²) in [7, 11) is 0. The van der Waals surface area contributed by atoms with Crippen LogP contribution in [0.15, 0.2) is 12.6 Å². The zero-order valence-corrected chi connectivity index (χ0v) is 10.8. The molecule has 0 spiro atoms. The maximum absolute atomic E-state index is 5.93. The number of fused-ring (bicyclic) bond motifs is 1. The van der Waals surface area contributed by atoms with Crippen LogP contribution in [0.3, 0.4) is 0 Å². The van der Waals surface area contributed by atoms with Crippen LogP contribution in [-0.2, 0) is 4.74 Å². The van der Waals surface area contributed by atoms with Crippen LogP contribution in [0, 0.1) is 0 Å². The van der Waals surface area contributed by atoms with Crippen molar-refractivity contribution in [1.29, 1.82) is 0 Å². The van der Waals surface area contributed by atoms with Gasteiger partial charge >= 0.3 is 0 Å². The molecule has 16 heavy (non-hydrogen) atoms. The van der Waals surface area contributed by atoms with Gasteiger partial charge in [0.1, 0.15) is 11.5 Å². The fraction of sp³-hybridized carbons (Fsp3) is 0.200. The second-order valence-corrected chi connectivity index (χ2v) is 4.98. The van der Waals surface area contributed by atoms with Gasteiger partial charge in [0.2, 0.25) is 5.28 Å². The van der Waals surface area contributed by atoms with E-state index in [-0.39, 0.29) is 5.28 Å². The zero-order chi connectivity index (χ0) is 11.7. The molecule has 84 valence electrons. The third kappa shape index (κ3) is 2.14. The van der Waals surface area contributed by atoms with Gasteiger partial charge in [-0.1, -0.05) is 18.2 Å². The van der Waals surface area contributed by atoms with Crippen molar-refractivity contribution in [3.63, 3.8) is 0 Å². The number of halogens is 2. The van der Waals surface area contributed by atoms with Crippen molar-refractivity contribution in [3.05, 3.63) is 28.0 Å². The van der Waals surface area contributed by atoms with E-state index in [4.69, 9.17) is 27.9 Å². The van der Waals surface area contributed by atoms with Gasteiger partial charge in [-0.2, -0.15) is 0 Å². The van der Waals surface area contributed by atoms with Crippen LogP contribution >= 0.6 is 34.5 Å². The summed E-state index contributed by atoms with van der Waals surface area (Å²) in [6, 6.07) is 1.75. The van der Waals surface area contributed by atoms with E-state index in [2.05, 4.69) is 16.5 Å². The second kappa shape index (κ2) is 4.57. The van der Waals surface area contributed by atoms with Crippen LogP contribution in [-0.4, -0.2) is 16.6 Å². The van der Waals surface area contributed by atoms with Crippen LogP contribution in [0.25, 0.3) is 16.0 Å². The average molecular weight is 275 g/mol. The molecule has 0 fully saturated rings. The number of ether oxygens (including phenoxy) is 1. The average Bonchev–Trinajstić information content (AvgIpc) is 2.57. The molecule has 0 amide bonds. The first-order valence-electron chi connectivity index (χ1n) is 4.56. The van der Waals surface area contributed by atoms with E-state index in [0.717, 1.165) is 4.70 Å². The number of hydrogen-bond acceptors (Lipinski definition) is 4. The van der Waals surface area contributed by atoms with Crippen molar-refractivity contribution >= 4 is 50.5 Å². The Bertz CT molecular complexity index is 553. The van der Waals surface area contributed by atoms with Gasteiger partial charge in [0, 0.05) is 0 Å². The fourth-order valence-corrected chi connectivity index (χ4v) is 2.65. The molecule has 0 saturated heterocycles. The largest absolute Gasteiger partial charge is 0.492 e. The Morgan fingerprint density at radius 2 is 2.25 bits per heavy atom. The summed E-state index contributed by atoms with van der Waals surface area (Å²) >= 11 is 13.1. The van der Waals surface area contributed by atoms with Gasteiger partial charge in [-0.15, -0.1) is 11.3 Å². The van der Waals surface area contributed by atoms with Crippen molar-refractivity contribution in [2.24, 2.45) is 0 Å². The highest BCUT2D eigenvalue weighted by Crippen LogP contribution is 2.33. The Morgan fingerprint density at radius 3 is 2.94 bits per heavy atom. The lowest BCUT2D eigenvalue weighted by Gasteiger charge is -2.06. The normalized spacial score (nSPS) is 10.7. The monoisotopic (exact) mass is 274 g/mol. The molecule has 0 N–H and O–H groups in total. The standard InChI is InChI=1S/C10H8Cl2N2OS/c1-3-15-5(2)8-9-6(4-7(11)16-9)13-10(12)14-8/h4H,2-3H2,1H3. The smallest absolute Gasteiger partial charge is 0.223 e. The summed E-state index contributed by atoms with van der Waals surface area (Å²) in [5.74, 6) is 0.482. The minimum Gasteiger partial charge on any atom is -0.492 e. The van der Waals surface area contributed by atoms with E-state index >= 15 is 0 Å². The highest BCUT2D eigenvalue weighted by atomic mass is 35.5. The van der Waals surface area contributed by atoms with E-state index in [1.54, 1.807) is 6.07 Å². The van der Waals surface area contributed by atoms with Gasteiger partial charge in [-0.05, 0) is 24.6 Å². The van der Waals surface area contributed by atoms with Gasteiger partial charge < -0.3 is 4.74 Å². The fourth-order valence-electron chi connectivity index (χ4n) is 1.30. The van der Waals surface area contributed by atoms with Crippen LogP contribution < -0.4 is 0 Å². The van der Waals surface area contributed by atoms with Crippen molar-refractivity contribution in [3.8, 4) is 0 Å². The number of nitrogens with zero attached hydrogens (tertiary/aromatic N) is 2. The minimum atomic E-state index is 0.165. The highest BCUT2D eigenvalue weighted by Gasteiger charge is 2.13. The van der Waals surface area contributed by atoms with E-state index in [0.29, 0.717) is 27.9 Å². The summed E-state index contributed by atoms with van der Waals surface area (Å²) in [5.41, 5.74) is 1.32. The molecule has 2 heterocycles. The predicted molar refractivity (Wildman–Crippen MR) is 68.1 cm³/mol. The van der Waals surface area contributed by atoms with Gasteiger partial charge in [-0.25, -0.2) is 9.97 Å². The summed E-state index contributed by atoms with van der Waals surface area (Å²) in [5, 5.41) is 0.165. The molecule has 0 aliphatic carbocycles. The number of thiophene rings is 1. The van der Waals surface area contributed by atoms with Crippen LogP contribution in [0.2, 0.25) is 9.62 Å². The van der Waals surface area contributed by atoms with Crippen molar-refractivity contribution < 1.29 is 4.74 Å². The Morgan fingerprint density at radius 1 is 1.50 bits per heavy atom. The van der Waals surface area contributed by atoms with Crippen molar-refractivity contribution in [2.75, 3.05) is 6.61 Å². The van der Waals surface area contributed by atoms with Gasteiger partial charge in [0.25, 0.3) is 0 Å². The summed E-state index contributed by atoms with van der Waals surface area (Å²) < 4.78 is 6.80. The molecule has 0 unspecified atom stereocenters. The molecular weight excluding hydrogens is 267 g/mol. The lowest BCUT2D eigenvalue weighted by Crippen LogP contribution is -1.95. The van der Waals surface area contributed by atoms with Crippen LogP contribution in [0.5, 0.6) is 0 Å². The van der Waals surface area contributed by atoms with Gasteiger partial charge in [0.05, 0.1) is 21.2 Å². The molecule has 0 radical (unpaired) electrons. The third-order valence-electron chi connectivity index (χ3n) is 1.90. The molecule has 2 aromatic rings. The molecular formula is C10H8Cl2N2OS. The van der Waals surface area contributed by atoms with Crippen LogP contribution in [0.4, 0.5) is 0 Å². The molecule has 0 saturated carbocycles. The Hall–Kier alpha value is -0.840. The first-order valence-corrected chi connectivity index (χ1v) is 6.13. The third-order valence-corrected chi connectivity index (χ3v) is 3.33. The SMILES string of the molecule is C=C(OCC)c1nc(Cl)nc2cc(Cl)sc12. The molecule has 0 aliphatic heterocycles. The second-order valence-electron chi connectivity index (χ2n) is 2.96. The molecule has 0 atom stereocenters. The van der Waals surface area contributed by atoms with Crippen LogP contribution in [0.1, 0.15) is 12.6 Å². The van der Waals surface area contributed by atoms with E-state index in [9.17, 15) is 0 Å². The number of rotatable bonds is 3. The van der Waals surface area contributed by atoms with Gasteiger partial charge in [-0.3, -0.25) is 0 Å². The molecule has 3 nitrogen and oxygen atoms in total. The number of hydrogen-bond donors (Lipinski definition) is 0. The molecule has 0 aliphatic rings. The highest BCUT2D eigenvalue weighted by molar-refractivity contribution is 7.22. The lowest BCUT2D eigenvalue weighted by molar-refractivity contribution is 0.298. The topological polar surface area (TPSA) is 35.0 Å². The maximum atomic E-state index is 5.93. The van der Waals surface area contributed by atoms with Crippen molar-refractivity contribution in [2.45, 2.75) is 6.92 Å². The quantitative estimate of drug-likeness (QED) is 0.627. The van der Waals surface area contributed by atoms with Gasteiger partial charge in [0.15, 0.2) is 0 Å². The van der Waals surface area contributed by atoms with E-state index < -0.39 is 0 Å². The number of aromatic nitrogens is 2. The Labute approximate surface area is 107 Å². The predicted octanol–water partition coefficient (Wildman–Crippen LogP) is 4.01.